The molecule has 9 heteroatoms. The van der Waals surface area contributed by atoms with Crippen LogP contribution in [-0.4, -0.2) is 28.6 Å². The first-order chi connectivity index (χ1) is 12.0. The molecule has 0 radical (unpaired) electrons. The van der Waals surface area contributed by atoms with E-state index in [-0.39, 0.29) is 11.8 Å². The first-order valence-electron chi connectivity index (χ1n) is 7.68. The molecule has 0 fully saturated rings. The second-order valence-corrected chi connectivity index (χ2v) is 6.53. The highest BCUT2D eigenvalue weighted by Gasteiger charge is 2.34. The van der Waals surface area contributed by atoms with Gasteiger partial charge in [0.1, 0.15) is 5.82 Å². The minimum Gasteiger partial charge on any atom is -0.465 e. The molecule has 0 aliphatic carbocycles. The summed E-state index contributed by atoms with van der Waals surface area (Å²) in [6.45, 7) is 5.36. The van der Waals surface area contributed by atoms with Gasteiger partial charge >= 0.3 is 12.1 Å². The fourth-order valence-electron chi connectivity index (χ4n) is 2.00. The van der Waals surface area contributed by atoms with Crippen LogP contribution in [0.15, 0.2) is 30.3 Å². The SMILES string of the molecule is COC(=O)c1ccc(Nc2cc(C(F)(F)F)nc(NC(C)(C)C)n2)cc1. The van der Waals surface area contributed by atoms with E-state index in [0.717, 1.165) is 6.07 Å². The molecular formula is C17H19F3N4O2. The van der Waals surface area contributed by atoms with E-state index < -0.39 is 23.4 Å². The van der Waals surface area contributed by atoms with Crippen LogP contribution in [0, 0.1) is 0 Å². The third-order valence-electron chi connectivity index (χ3n) is 3.08. The van der Waals surface area contributed by atoms with Crippen LogP contribution in [0.5, 0.6) is 0 Å². The molecule has 0 bridgehead atoms. The second-order valence-electron chi connectivity index (χ2n) is 6.53. The summed E-state index contributed by atoms with van der Waals surface area (Å²) >= 11 is 0. The van der Waals surface area contributed by atoms with Crippen molar-refractivity contribution in [2.45, 2.75) is 32.5 Å². The summed E-state index contributed by atoms with van der Waals surface area (Å²) in [5.74, 6) is -0.666. The van der Waals surface area contributed by atoms with Gasteiger partial charge in [-0.2, -0.15) is 18.2 Å². The smallest absolute Gasteiger partial charge is 0.433 e. The Hall–Kier alpha value is -2.84. The predicted octanol–water partition coefficient (Wildman–Crippen LogP) is 4.24. The van der Waals surface area contributed by atoms with Gasteiger partial charge in [0.05, 0.1) is 12.7 Å². The first-order valence-corrected chi connectivity index (χ1v) is 7.68. The fraction of sp³-hybridized carbons (Fsp3) is 0.353. The van der Waals surface area contributed by atoms with Crippen LogP contribution in [0.3, 0.4) is 0 Å². The van der Waals surface area contributed by atoms with E-state index in [9.17, 15) is 18.0 Å². The fourth-order valence-corrected chi connectivity index (χ4v) is 2.00. The van der Waals surface area contributed by atoms with Crippen molar-refractivity contribution in [1.82, 2.24) is 9.97 Å². The minimum atomic E-state index is -4.61. The Morgan fingerprint density at radius 1 is 1.08 bits per heavy atom. The molecule has 1 heterocycles. The van der Waals surface area contributed by atoms with Crippen LogP contribution in [0.25, 0.3) is 0 Å². The predicted molar refractivity (Wildman–Crippen MR) is 91.5 cm³/mol. The molecule has 0 aliphatic rings. The van der Waals surface area contributed by atoms with Gasteiger partial charge in [-0.15, -0.1) is 0 Å². The molecule has 0 amide bonds. The van der Waals surface area contributed by atoms with Crippen LogP contribution < -0.4 is 10.6 Å². The Balaban J connectivity index is 2.32. The molecule has 0 unspecified atom stereocenters. The summed E-state index contributed by atoms with van der Waals surface area (Å²) < 4.78 is 43.9. The number of hydrogen-bond acceptors (Lipinski definition) is 6. The van der Waals surface area contributed by atoms with Gasteiger partial charge in [-0.05, 0) is 45.0 Å². The number of rotatable bonds is 4. The molecule has 2 aromatic rings. The number of halogens is 3. The van der Waals surface area contributed by atoms with Crippen molar-refractivity contribution in [3.63, 3.8) is 0 Å². The summed E-state index contributed by atoms with van der Waals surface area (Å²) in [7, 11) is 1.26. The number of nitrogens with one attached hydrogen (secondary N) is 2. The third-order valence-corrected chi connectivity index (χ3v) is 3.08. The minimum absolute atomic E-state index is 0.0232. The number of carbonyl (C=O) groups is 1. The van der Waals surface area contributed by atoms with Gasteiger partial charge in [-0.1, -0.05) is 0 Å². The van der Waals surface area contributed by atoms with Gasteiger partial charge in [-0.25, -0.2) is 9.78 Å². The van der Waals surface area contributed by atoms with E-state index in [2.05, 4.69) is 25.3 Å². The van der Waals surface area contributed by atoms with Crippen molar-refractivity contribution in [1.29, 1.82) is 0 Å². The van der Waals surface area contributed by atoms with Crippen LogP contribution in [0.1, 0.15) is 36.8 Å². The van der Waals surface area contributed by atoms with Gasteiger partial charge < -0.3 is 15.4 Å². The number of aromatic nitrogens is 2. The lowest BCUT2D eigenvalue weighted by molar-refractivity contribution is -0.141. The van der Waals surface area contributed by atoms with Gasteiger partial charge in [-0.3, -0.25) is 0 Å². The van der Waals surface area contributed by atoms with Gasteiger partial charge in [0.15, 0.2) is 5.69 Å². The third kappa shape index (κ3) is 5.33. The lowest BCUT2D eigenvalue weighted by atomic mass is 10.1. The average Bonchev–Trinajstić information content (AvgIpc) is 2.52. The largest absolute Gasteiger partial charge is 0.465 e. The number of ether oxygens (including phenoxy) is 1. The van der Waals surface area contributed by atoms with E-state index in [0.29, 0.717) is 11.3 Å². The average molecular weight is 368 g/mol. The number of carbonyl (C=O) groups excluding carboxylic acids is 1. The number of esters is 1. The first kappa shape index (κ1) is 19.5. The number of anilines is 3. The molecule has 0 aliphatic heterocycles. The second kappa shape index (κ2) is 7.19. The summed E-state index contributed by atoms with van der Waals surface area (Å²) in [5.41, 5.74) is -0.783. The van der Waals surface area contributed by atoms with Crippen LogP contribution in [-0.2, 0) is 10.9 Å². The van der Waals surface area contributed by atoms with Gasteiger partial charge in [0, 0.05) is 17.3 Å². The monoisotopic (exact) mass is 368 g/mol. The molecular weight excluding hydrogens is 349 g/mol. The van der Waals surface area contributed by atoms with Crippen molar-refractivity contribution < 1.29 is 22.7 Å². The molecule has 26 heavy (non-hydrogen) atoms. The summed E-state index contributed by atoms with van der Waals surface area (Å²) in [6.07, 6.45) is -4.61. The molecule has 2 N–H and O–H groups in total. The standard InChI is InChI=1S/C17H19F3N4O2/c1-16(2,3)24-15-22-12(17(18,19)20)9-13(23-15)21-11-7-5-10(6-8-11)14(25)26-4/h5-9H,1-4H3,(H2,21,22,23,24). The van der Waals surface area contributed by atoms with Crippen LogP contribution in [0.4, 0.5) is 30.6 Å². The highest BCUT2D eigenvalue weighted by Crippen LogP contribution is 2.31. The van der Waals surface area contributed by atoms with Crippen molar-refractivity contribution in [3.05, 3.63) is 41.6 Å². The maximum Gasteiger partial charge on any atom is 0.433 e. The summed E-state index contributed by atoms with van der Waals surface area (Å²) in [5, 5.41) is 5.61. The number of alkyl halides is 3. The van der Waals surface area contributed by atoms with E-state index in [4.69, 9.17) is 0 Å². The molecule has 140 valence electrons. The lowest BCUT2D eigenvalue weighted by Crippen LogP contribution is -2.28. The topological polar surface area (TPSA) is 76.1 Å². The molecule has 6 nitrogen and oxygen atoms in total. The van der Waals surface area contributed by atoms with Crippen LogP contribution >= 0.6 is 0 Å². The normalized spacial score (nSPS) is 11.8. The Labute approximate surface area is 148 Å². The van der Waals surface area contributed by atoms with Crippen LogP contribution in [0.2, 0.25) is 0 Å². The van der Waals surface area contributed by atoms with Crippen molar-refractivity contribution in [3.8, 4) is 0 Å². The molecule has 1 aromatic carbocycles. The summed E-state index contributed by atoms with van der Waals surface area (Å²) in [4.78, 5) is 19.0. The quantitative estimate of drug-likeness (QED) is 0.787. The number of nitrogens with zero attached hydrogens (tertiary/aromatic N) is 2. The zero-order valence-electron chi connectivity index (χ0n) is 14.7. The Morgan fingerprint density at radius 3 is 2.19 bits per heavy atom. The number of benzene rings is 1. The van der Waals surface area contributed by atoms with Gasteiger partial charge in [0.2, 0.25) is 5.95 Å². The van der Waals surface area contributed by atoms with E-state index in [1.807, 2.05) is 0 Å². The maximum absolute atomic E-state index is 13.1. The number of methoxy groups -OCH3 is 1. The van der Waals surface area contributed by atoms with E-state index >= 15 is 0 Å². The zero-order valence-corrected chi connectivity index (χ0v) is 14.7. The lowest BCUT2D eigenvalue weighted by Gasteiger charge is -2.21. The van der Waals surface area contributed by atoms with Crippen molar-refractivity contribution >= 4 is 23.4 Å². The number of hydrogen-bond donors (Lipinski definition) is 2. The Morgan fingerprint density at radius 2 is 1.69 bits per heavy atom. The molecule has 1 aromatic heterocycles. The van der Waals surface area contributed by atoms with Gasteiger partial charge in [0.25, 0.3) is 0 Å². The highest BCUT2D eigenvalue weighted by molar-refractivity contribution is 5.89. The Bertz CT molecular complexity index is 784. The molecule has 0 saturated heterocycles. The van der Waals surface area contributed by atoms with Crippen molar-refractivity contribution in [2.75, 3.05) is 17.7 Å². The molecule has 2 rings (SSSR count). The Kier molecular flexibility index (Phi) is 5.38. The molecule has 0 spiro atoms. The van der Waals surface area contributed by atoms with E-state index in [1.54, 1.807) is 32.9 Å². The van der Waals surface area contributed by atoms with Crippen molar-refractivity contribution in [2.24, 2.45) is 0 Å². The molecule has 0 saturated carbocycles. The zero-order chi connectivity index (χ0) is 19.5. The highest BCUT2D eigenvalue weighted by atomic mass is 19.4. The maximum atomic E-state index is 13.1. The summed E-state index contributed by atoms with van der Waals surface area (Å²) in [6, 6.07) is 6.89. The van der Waals surface area contributed by atoms with E-state index in [1.165, 1.54) is 19.2 Å². The molecule has 0 atom stereocenters.